The molecule has 0 aliphatic heterocycles. The Balaban J connectivity index is 2.22. The van der Waals surface area contributed by atoms with E-state index < -0.39 is 5.91 Å². The monoisotopic (exact) mass is 307 g/mol. The fourth-order valence-corrected chi connectivity index (χ4v) is 1.96. The third-order valence-electron chi connectivity index (χ3n) is 2.28. The summed E-state index contributed by atoms with van der Waals surface area (Å²) in [5, 5.41) is 9.15. The maximum atomic E-state index is 11.1. The first kappa shape index (κ1) is 12.4. The van der Waals surface area contributed by atoms with Crippen LogP contribution in [-0.4, -0.2) is 11.0 Å². The molecule has 92 valence electrons. The number of aromatic hydroxyl groups is 1. The molecule has 4 nitrogen and oxygen atoms in total. The van der Waals surface area contributed by atoms with Gasteiger partial charge in [0.25, 0.3) is 0 Å². The fraction of sp³-hybridized carbons (Fsp3) is 0. The van der Waals surface area contributed by atoms with Gasteiger partial charge < -0.3 is 15.6 Å². The quantitative estimate of drug-likeness (QED) is 0.915. The minimum atomic E-state index is -0.502. The zero-order chi connectivity index (χ0) is 13.1. The average molecular weight is 308 g/mol. The molecule has 5 heteroatoms. The largest absolute Gasteiger partial charge is 0.508 e. The summed E-state index contributed by atoms with van der Waals surface area (Å²) in [7, 11) is 0. The summed E-state index contributed by atoms with van der Waals surface area (Å²) >= 11 is 3.25. The number of primary amides is 1. The van der Waals surface area contributed by atoms with E-state index >= 15 is 0 Å². The molecule has 0 aromatic heterocycles. The summed E-state index contributed by atoms with van der Waals surface area (Å²) in [6, 6.07) is 11.2. The van der Waals surface area contributed by atoms with E-state index in [-0.39, 0.29) is 5.75 Å². The lowest BCUT2D eigenvalue weighted by Gasteiger charge is -2.07. The van der Waals surface area contributed by atoms with Gasteiger partial charge in [0.05, 0.1) is 5.56 Å². The Kier molecular flexibility index (Phi) is 3.53. The molecule has 0 bridgehead atoms. The van der Waals surface area contributed by atoms with Crippen molar-refractivity contribution >= 4 is 21.8 Å². The van der Waals surface area contributed by atoms with Crippen LogP contribution in [0.2, 0.25) is 0 Å². The molecule has 0 aliphatic rings. The predicted molar refractivity (Wildman–Crippen MR) is 70.8 cm³/mol. The number of nitrogens with two attached hydrogens (primary N) is 1. The summed E-state index contributed by atoms with van der Waals surface area (Å²) in [6.45, 7) is 0. The Morgan fingerprint density at radius 3 is 2.28 bits per heavy atom. The van der Waals surface area contributed by atoms with E-state index in [1.54, 1.807) is 30.3 Å². The van der Waals surface area contributed by atoms with Crippen LogP contribution in [0.1, 0.15) is 10.4 Å². The van der Waals surface area contributed by atoms with E-state index in [4.69, 9.17) is 15.6 Å². The standard InChI is InChI=1S/C13H10BrNO3/c14-12-7-10(5-6-11(12)13(15)17)18-9-3-1-8(16)2-4-9/h1-7,16H,(H2,15,17). The highest BCUT2D eigenvalue weighted by atomic mass is 79.9. The summed E-state index contributed by atoms with van der Waals surface area (Å²) in [6.07, 6.45) is 0. The number of benzene rings is 2. The lowest BCUT2D eigenvalue weighted by Crippen LogP contribution is -2.11. The summed E-state index contributed by atoms with van der Waals surface area (Å²) in [5.41, 5.74) is 5.59. The number of carbonyl (C=O) groups excluding carboxylic acids is 1. The third-order valence-corrected chi connectivity index (χ3v) is 2.93. The molecule has 0 unspecified atom stereocenters. The predicted octanol–water partition coefficient (Wildman–Crippen LogP) is 3.05. The lowest BCUT2D eigenvalue weighted by atomic mass is 10.2. The van der Waals surface area contributed by atoms with E-state index in [1.165, 1.54) is 12.1 Å². The maximum Gasteiger partial charge on any atom is 0.249 e. The van der Waals surface area contributed by atoms with E-state index in [1.807, 2.05) is 0 Å². The van der Waals surface area contributed by atoms with E-state index in [0.29, 0.717) is 21.5 Å². The van der Waals surface area contributed by atoms with Crippen molar-refractivity contribution in [3.8, 4) is 17.2 Å². The molecule has 2 aromatic carbocycles. The molecule has 0 radical (unpaired) electrons. The van der Waals surface area contributed by atoms with E-state index in [9.17, 15) is 4.79 Å². The zero-order valence-corrected chi connectivity index (χ0v) is 10.8. The number of amides is 1. The molecule has 18 heavy (non-hydrogen) atoms. The van der Waals surface area contributed by atoms with Crippen molar-refractivity contribution in [2.45, 2.75) is 0 Å². The van der Waals surface area contributed by atoms with Gasteiger partial charge in [-0.05, 0) is 58.4 Å². The maximum absolute atomic E-state index is 11.1. The first-order valence-corrected chi connectivity index (χ1v) is 5.92. The van der Waals surface area contributed by atoms with Gasteiger partial charge in [0.2, 0.25) is 5.91 Å². The van der Waals surface area contributed by atoms with Gasteiger partial charge in [0, 0.05) is 4.47 Å². The van der Waals surface area contributed by atoms with Crippen LogP contribution in [0.3, 0.4) is 0 Å². The number of rotatable bonds is 3. The molecule has 0 aliphatic carbocycles. The normalized spacial score (nSPS) is 10.1. The van der Waals surface area contributed by atoms with Crippen molar-refractivity contribution in [3.05, 3.63) is 52.5 Å². The number of halogens is 1. The third kappa shape index (κ3) is 2.81. The Morgan fingerprint density at radius 1 is 1.11 bits per heavy atom. The molecular formula is C13H10BrNO3. The second kappa shape index (κ2) is 5.10. The Morgan fingerprint density at radius 2 is 1.72 bits per heavy atom. The molecule has 2 aromatic rings. The van der Waals surface area contributed by atoms with Gasteiger partial charge in [0.15, 0.2) is 0 Å². The van der Waals surface area contributed by atoms with Crippen LogP contribution in [0.4, 0.5) is 0 Å². The summed E-state index contributed by atoms with van der Waals surface area (Å²) < 4.78 is 6.13. The highest BCUT2D eigenvalue weighted by molar-refractivity contribution is 9.10. The van der Waals surface area contributed by atoms with Crippen molar-refractivity contribution < 1.29 is 14.6 Å². The minimum absolute atomic E-state index is 0.174. The van der Waals surface area contributed by atoms with Crippen LogP contribution in [0.15, 0.2) is 46.9 Å². The molecule has 0 saturated heterocycles. The molecule has 1 amide bonds. The van der Waals surface area contributed by atoms with Crippen LogP contribution in [0.5, 0.6) is 17.2 Å². The summed E-state index contributed by atoms with van der Waals surface area (Å²) in [4.78, 5) is 11.1. The number of phenolic OH excluding ortho intramolecular Hbond substituents is 1. The average Bonchev–Trinajstić information content (AvgIpc) is 2.32. The second-order valence-electron chi connectivity index (χ2n) is 3.60. The Labute approximate surface area is 112 Å². The van der Waals surface area contributed by atoms with Crippen LogP contribution >= 0.6 is 15.9 Å². The van der Waals surface area contributed by atoms with Gasteiger partial charge >= 0.3 is 0 Å². The first-order chi connectivity index (χ1) is 8.56. The van der Waals surface area contributed by atoms with Crippen LogP contribution < -0.4 is 10.5 Å². The first-order valence-electron chi connectivity index (χ1n) is 5.12. The van der Waals surface area contributed by atoms with Crippen LogP contribution in [-0.2, 0) is 0 Å². The number of hydrogen-bond acceptors (Lipinski definition) is 3. The van der Waals surface area contributed by atoms with Crippen molar-refractivity contribution in [2.75, 3.05) is 0 Å². The van der Waals surface area contributed by atoms with Gasteiger partial charge in [-0.1, -0.05) is 0 Å². The highest BCUT2D eigenvalue weighted by Crippen LogP contribution is 2.27. The molecule has 3 N–H and O–H groups in total. The Hall–Kier alpha value is -2.01. The molecule has 0 fully saturated rings. The number of carbonyl (C=O) groups is 1. The van der Waals surface area contributed by atoms with Crippen molar-refractivity contribution in [1.29, 1.82) is 0 Å². The fourth-order valence-electron chi connectivity index (χ4n) is 1.41. The van der Waals surface area contributed by atoms with E-state index in [0.717, 1.165) is 0 Å². The zero-order valence-electron chi connectivity index (χ0n) is 9.26. The molecule has 0 spiro atoms. The van der Waals surface area contributed by atoms with Gasteiger partial charge in [-0.15, -0.1) is 0 Å². The molecular weight excluding hydrogens is 298 g/mol. The molecule has 2 rings (SSSR count). The van der Waals surface area contributed by atoms with Crippen LogP contribution in [0.25, 0.3) is 0 Å². The highest BCUT2D eigenvalue weighted by Gasteiger charge is 2.07. The van der Waals surface area contributed by atoms with E-state index in [2.05, 4.69) is 15.9 Å². The number of ether oxygens (including phenoxy) is 1. The minimum Gasteiger partial charge on any atom is -0.508 e. The van der Waals surface area contributed by atoms with Crippen molar-refractivity contribution in [3.63, 3.8) is 0 Å². The topological polar surface area (TPSA) is 72.6 Å². The number of phenols is 1. The van der Waals surface area contributed by atoms with Crippen molar-refractivity contribution in [1.82, 2.24) is 0 Å². The lowest BCUT2D eigenvalue weighted by molar-refractivity contribution is 0.0999. The molecule has 0 saturated carbocycles. The van der Waals surface area contributed by atoms with Crippen molar-refractivity contribution in [2.24, 2.45) is 5.73 Å². The molecule has 0 heterocycles. The number of hydrogen-bond donors (Lipinski definition) is 2. The van der Waals surface area contributed by atoms with Gasteiger partial charge in [-0.3, -0.25) is 4.79 Å². The summed E-state index contributed by atoms with van der Waals surface area (Å²) in [5.74, 6) is 0.828. The molecule has 0 atom stereocenters. The van der Waals surface area contributed by atoms with Gasteiger partial charge in [-0.2, -0.15) is 0 Å². The Bertz CT molecular complexity index is 581. The second-order valence-corrected chi connectivity index (χ2v) is 4.46. The van der Waals surface area contributed by atoms with Gasteiger partial charge in [0.1, 0.15) is 17.2 Å². The smallest absolute Gasteiger partial charge is 0.249 e. The van der Waals surface area contributed by atoms with Crippen LogP contribution in [0, 0.1) is 0 Å². The van der Waals surface area contributed by atoms with Gasteiger partial charge in [-0.25, -0.2) is 0 Å². The SMILES string of the molecule is NC(=O)c1ccc(Oc2ccc(O)cc2)cc1Br.